The summed E-state index contributed by atoms with van der Waals surface area (Å²) in [5, 5.41) is 0. The molecule has 0 N–H and O–H groups in total. The topological polar surface area (TPSA) is 28.6 Å². The first-order valence-electron chi connectivity index (χ1n) is 22.6. The molecule has 1 aliphatic carbocycles. The Kier molecular flexibility index (Phi) is 11.8. The Labute approximate surface area is 405 Å². The van der Waals surface area contributed by atoms with Gasteiger partial charge in [-0.3, -0.25) is 4.98 Å². The molecular formula is C61H54N3OPt-3. The van der Waals surface area contributed by atoms with Crippen molar-refractivity contribution in [2.75, 3.05) is 9.80 Å². The van der Waals surface area contributed by atoms with Crippen LogP contribution in [0.2, 0.25) is 0 Å². The van der Waals surface area contributed by atoms with E-state index < -0.39 is 5.41 Å². The van der Waals surface area contributed by atoms with Crippen molar-refractivity contribution < 1.29 is 25.8 Å². The number of aromatic nitrogens is 1. The van der Waals surface area contributed by atoms with Crippen LogP contribution in [0.1, 0.15) is 98.7 Å². The zero-order chi connectivity index (χ0) is 45.0. The van der Waals surface area contributed by atoms with Crippen molar-refractivity contribution in [1.82, 2.24) is 4.98 Å². The maximum Gasteiger partial charge on any atom is 0.0663 e. The third-order valence-corrected chi connectivity index (χ3v) is 13.7. The molecule has 2 heterocycles. The van der Waals surface area contributed by atoms with E-state index in [-0.39, 0.29) is 37.3 Å². The fraction of sp³-hybridized carbons (Fsp3) is 0.180. The van der Waals surface area contributed by atoms with Gasteiger partial charge >= 0.3 is 0 Å². The van der Waals surface area contributed by atoms with Crippen LogP contribution in [0.3, 0.4) is 0 Å². The first-order valence-corrected chi connectivity index (χ1v) is 22.6. The van der Waals surface area contributed by atoms with Crippen LogP contribution in [0.4, 0.5) is 11.4 Å². The fourth-order valence-electron chi connectivity index (χ4n) is 9.70. The molecule has 10 rings (SSSR count). The van der Waals surface area contributed by atoms with E-state index in [1.807, 2.05) is 18.3 Å². The molecule has 1 aliphatic heterocycles. The summed E-state index contributed by atoms with van der Waals surface area (Å²) in [5.41, 5.74) is 13.6. The standard InChI is InChI=1S/C61H54N3O.Pt/c1-58(2,3)46-36-50(64-34-33-63(42-64)49-37-47(59(4,5)43-21-10-8-11-22-43)35-48(38-49)60(6,7)44-23-12-9-13-24-44)41-52(40-46)65-51-26-20-25-45(39-51)61(57-31-18-19-32-62-57)55-29-16-14-27-53(55)54-28-15-17-30-56(54)61;/h8-38,40,42H,1-7H3;/q-3;. The number of pyridine rings is 1. The molecule has 0 bridgehead atoms. The smallest absolute Gasteiger partial charge is 0.0663 e. The normalized spacial score (nSPS) is 14.1. The molecule has 66 heavy (non-hydrogen) atoms. The third-order valence-electron chi connectivity index (χ3n) is 13.7. The number of benzene rings is 7. The van der Waals surface area contributed by atoms with Crippen molar-refractivity contribution in [3.05, 3.63) is 264 Å². The van der Waals surface area contributed by atoms with Gasteiger partial charge in [0.1, 0.15) is 0 Å². The second kappa shape index (κ2) is 17.4. The van der Waals surface area contributed by atoms with Gasteiger partial charge in [0.25, 0.3) is 0 Å². The Morgan fingerprint density at radius 2 is 1.06 bits per heavy atom. The summed E-state index contributed by atoms with van der Waals surface area (Å²) in [4.78, 5) is 9.38. The maximum absolute atomic E-state index is 6.86. The van der Waals surface area contributed by atoms with Gasteiger partial charge in [0.15, 0.2) is 0 Å². The van der Waals surface area contributed by atoms with Gasteiger partial charge in [0.2, 0.25) is 0 Å². The molecule has 0 saturated carbocycles. The summed E-state index contributed by atoms with van der Waals surface area (Å²) < 4.78 is 6.86. The Bertz CT molecular complexity index is 2930. The first-order chi connectivity index (χ1) is 31.3. The number of nitrogens with zero attached hydrogens (tertiary/aromatic N) is 3. The molecule has 2 aliphatic rings. The summed E-state index contributed by atoms with van der Waals surface area (Å²) in [7, 11) is 0. The van der Waals surface area contributed by atoms with Gasteiger partial charge in [-0.05, 0) is 86.6 Å². The average Bonchev–Trinajstić information content (AvgIpc) is 3.95. The summed E-state index contributed by atoms with van der Waals surface area (Å²) in [6, 6.07) is 70.2. The van der Waals surface area contributed by atoms with Crippen LogP contribution in [0.15, 0.2) is 195 Å². The zero-order valence-electron chi connectivity index (χ0n) is 38.6. The van der Waals surface area contributed by atoms with E-state index in [1.165, 1.54) is 44.5 Å². The van der Waals surface area contributed by atoms with Crippen LogP contribution in [-0.2, 0) is 42.7 Å². The molecule has 5 heteroatoms. The molecule has 0 atom stereocenters. The Hall–Kier alpha value is -6.48. The number of ether oxygens (including phenoxy) is 1. The molecule has 8 aromatic rings. The maximum atomic E-state index is 6.86. The number of hydrogen-bond acceptors (Lipinski definition) is 4. The monoisotopic (exact) mass is 1040 g/mol. The van der Waals surface area contributed by atoms with Crippen molar-refractivity contribution in [1.29, 1.82) is 0 Å². The molecule has 0 radical (unpaired) electrons. The van der Waals surface area contributed by atoms with Crippen LogP contribution in [0.5, 0.6) is 11.5 Å². The van der Waals surface area contributed by atoms with Gasteiger partial charge < -0.3 is 14.5 Å². The van der Waals surface area contributed by atoms with E-state index in [2.05, 4.69) is 253 Å². The van der Waals surface area contributed by atoms with E-state index in [0.717, 1.165) is 28.2 Å². The van der Waals surface area contributed by atoms with Crippen LogP contribution in [0.25, 0.3) is 11.1 Å². The first kappa shape index (κ1) is 44.7. The predicted molar refractivity (Wildman–Crippen MR) is 266 cm³/mol. The Morgan fingerprint density at radius 1 is 0.500 bits per heavy atom. The summed E-state index contributed by atoms with van der Waals surface area (Å²) in [6.45, 7) is 18.1. The summed E-state index contributed by atoms with van der Waals surface area (Å²) >= 11 is 0. The van der Waals surface area contributed by atoms with Gasteiger partial charge in [0, 0.05) is 55.3 Å². The number of fused-ring (bicyclic) bond motifs is 3. The van der Waals surface area contributed by atoms with Crippen LogP contribution in [0, 0.1) is 18.8 Å². The molecule has 332 valence electrons. The van der Waals surface area contributed by atoms with Gasteiger partial charge in [-0.25, -0.2) is 0 Å². The predicted octanol–water partition coefficient (Wildman–Crippen LogP) is 14.7. The fourth-order valence-corrected chi connectivity index (χ4v) is 9.70. The SMILES string of the molecule is CC(C)(C)c1cc(Oc2[c-]c(C3(c4ccccn4)c4ccccc4-c4ccccc43)ccc2)[c-]c(N2C=CN(c3cc(C(C)(C)c4ccccc4)cc(C(C)(C)c4ccccc4)c3)[CH-]2)c1.[Pt]. The minimum atomic E-state index is -0.682. The third kappa shape index (κ3) is 7.90. The van der Waals surface area contributed by atoms with Crippen molar-refractivity contribution in [2.24, 2.45) is 0 Å². The van der Waals surface area contributed by atoms with Crippen molar-refractivity contribution in [2.45, 2.75) is 70.1 Å². The number of anilines is 2. The molecule has 7 aromatic carbocycles. The molecule has 0 saturated heterocycles. The van der Waals surface area contributed by atoms with Gasteiger partial charge in [0.05, 0.1) is 11.1 Å². The Balaban J connectivity index is 0.00000548. The van der Waals surface area contributed by atoms with Crippen LogP contribution < -0.4 is 14.5 Å². The van der Waals surface area contributed by atoms with Crippen LogP contribution in [-0.4, -0.2) is 4.98 Å². The molecule has 0 spiro atoms. The van der Waals surface area contributed by atoms with E-state index >= 15 is 0 Å². The molecule has 4 nitrogen and oxygen atoms in total. The minimum absolute atomic E-state index is 0. The molecule has 1 aromatic heterocycles. The van der Waals surface area contributed by atoms with E-state index in [4.69, 9.17) is 9.72 Å². The second-order valence-corrected chi connectivity index (χ2v) is 19.4. The zero-order valence-corrected chi connectivity index (χ0v) is 40.9. The number of hydrogen-bond donors (Lipinski definition) is 0. The van der Waals surface area contributed by atoms with Crippen LogP contribution >= 0.6 is 0 Å². The quantitative estimate of drug-likeness (QED) is 0.128. The summed E-state index contributed by atoms with van der Waals surface area (Å²) in [5.74, 6) is 1.24. The average molecular weight is 1040 g/mol. The molecule has 0 unspecified atom stereocenters. The van der Waals surface area contributed by atoms with E-state index in [0.29, 0.717) is 11.5 Å². The van der Waals surface area contributed by atoms with Crippen molar-refractivity contribution in [3.63, 3.8) is 0 Å². The van der Waals surface area contributed by atoms with E-state index in [1.54, 1.807) is 0 Å². The minimum Gasteiger partial charge on any atom is -0.509 e. The number of rotatable bonds is 10. The second-order valence-electron chi connectivity index (χ2n) is 19.4. The van der Waals surface area contributed by atoms with Crippen molar-refractivity contribution in [3.8, 4) is 22.6 Å². The Morgan fingerprint density at radius 3 is 1.64 bits per heavy atom. The van der Waals surface area contributed by atoms with Gasteiger partial charge in [-0.1, -0.05) is 170 Å². The molecule has 0 amide bonds. The molecule has 0 fully saturated rings. The molecular weight excluding hydrogens is 986 g/mol. The van der Waals surface area contributed by atoms with E-state index in [9.17, 15) is 0 Å². The summed E-state index contributed by atoms with van der Waals surface area (Å²) in [6.07, 6.45) is 6.13. The van der Waals surface area contributed by atoms with Crippen molar-refractivity contribution >= 4 is 11.4 Å². The van der Waals surface area contributed by atoms with Gasteiger partial charge in [-0.2, -0.15) is 12.1 Å². The van der Waals surface area contributed by atoms with Gasteiger partial charge in [-0.15, -0.1) is 53.8 Å². The largest absolute Gasteiger partial charge is 0.509 e.